The Hall–Kier alpha value is -2.33. The molecule has 4 nitrogen and oxygen atoms in total. The van der Waals surface area contributed by atoms with Crippen LogP contribution in [0.3, 0.4) is 0 Å². The average Bonchev–Trinajstić information content (AvgIpc) is 2.63. The Morgan fingerprint density at radius 2 is 1.68 bits per heavy atom. The van der Waals surface area contributed by atoms with Crippen molar-refractivity contribution in [3.05, 3.63) is 65.7 Å². The van der Waals surface area contributed by atoms with Crippen LogP contribution in [-0.2, 0) is 16.0 Å². The molecule has 0 amide bonds. The van der Waals surface area contributed by atoms with Crippen molar-refractivity contribution >= 4 is 5.97 Å². The van der Waals surface area contributed by atoms with Crippen LogP contribution in [0.5, 0.6) is 5.75 Å². The molecule has 2 aromatic carbocycles. The highest BCUT2D eigenvalue weighted by molar-refractivity contribution is 5.69. The minimum absolute atomic E-state index is 0.151. The Morgan fingerprint density at radius 3 is 2.40 bits per heavy atom. The first-order valence-electron chi connectivity index (χ1n) is 8.90. The smallest absolute Gasteiger partial charge is 0.307 e. The molecule has 25 heavy (non-hydrogen) atoms. The molecule has 0 aliphatic carbocycles. The van der Waals surface area contributed by atoms with E-state index in [1.165, 1.54) is 11.1 Å². The first-order valence-corrected chi connectivity index (χ1v) is 8.90. The molecule has 0 fully saturated rings. The maximum atomic E-state index is 11.2. The number of nitrogens with one attached hydrogen (secondary N) is 1. The zero-order valence-corrected chi connectivity index (χ0v) is 14.9. The summed E-state index contributed by atoms with van der Waals surface area (Å²) >= 11 is 0. The SMILES string of the molecule is CCOC(=O)CCNCCCOc1ccc(Cc2ccccc2)cc1. The van der Waals surface area contributed by atoms with Gasteiger partial charge in [-0.3, -0.25) is 4.79 Å². The van der Waals surface area contributed by atoms with E-state index in [9.17, 15) is 4.79 Å². The number of hydrogen-bond donors (Lipinski definition) is 1. The van der Waals surface area contributed by atoms with Gasteiger partial charge in [-0.25, -0.2) is 0 Å². The molecule has 0 aromatic heterocycles. The molecule has 134 valence electrons. The number of esters is 1. The molecule has 0 saturated carbocycles. The van der Waals surface area contributed by atoms with Crippen LogP contribution in [0.2, 0.25) is 0 Å². The summed E-state index contributed by atoms with van der Waals surface area (Å²) in [5, 5.41) is 3.22. The second-order valence-electron chi connectivity index (χ2n) is 5.81. The van der Waals surface area contributed by atoms with Crippen molar-refractivity contribution in [2.45, 2.75) is 26.2 Å². The van der Waals surface area contributed by atoms with Gasteiger partial charge in [-0.2, -0.15) is 0 Å². The lowest BCUT2D eigenvalue weighted by molar-refractivity contribution is -0.142. The van der Waals surface area contributed by atoms with Gasteiger partial charge in [-0.1, -0.05) is 42.5 Å². The van der Waals surface area contributed by atoms with Gasteiger partial charge < -0.3 is 14.8 Å². The summed E-state index contributed by atoms with van der Waals surface area (Å²) in [6, 6.07) is 18.7. The van der Waals surface area contributed by atoms with Crippen molar-refractivity contribution in [3.8, 4) is 5.75 Å². The zero-order valence-electron chi connectivity index (χ0n) is 14.9. The average molecular weight is 341 g/mol. The lowest BCUT2D eigenvalue weighted by Crippen LogP contribution is -2.21. The highest BCUT2D eigenvalue weighted by Crippen LogP contribution is 2.15. The van der Waals surface area contributed by atoms with Gasteiger partial charge in [0.15, 0.2) is 0 Å². The van der Waals surface area contributed by atoms with Crippen LogP contribution in [0.25, 0.3) is 0 Å². The maximum absolute atomic E-state index is 11.2. The molecule has 0 bridgehead atoms. The van der Waals surface area contributed by atoms with Gasteiger partial charge in [0.05, 0.1) is 19.6 Å². The first-order chi connectivity index (χ1) is 12.3. The molecule has 0 heterocycles. The molecular formula is C21H27NO3. The summed E-state index contributed by atoms with van der Waals surface area (Å²) in [6.07, 6.45) is 2.25. The Bertz CT molecular complexity index is 611. The van der Waals surface area contributed by atoms with Crippen molar-refractivity contribution in [2.24, 2.45) is 0 Å². The van der Waals surface area contributed by atoms with Crippen molar-refractivity contribution < 1.29 is 14.3 Å². The number of carbonyl (C=O) groups is 1. The minimum atomic E-state index is -0.151. The lowest BCUT2D eigenvalue weighted by atomic mass is 10.1. The molecular weight excluding hydrogens is 314 g/mol. The summed E-state index contributed by atoms with van der Waals surface area (Å²) < 4.78 is 10.6. The molecule has 0 unspecified atom stereocenters. The summed E-state index contributed by atoms with van der Waals surface area (Å²) in [5.74, 6) is 0.741. The fourth-order valence-electron chi connectivity index (χ4n) is 2.47. The molecule has 2 rings (SSSR count). The first kappa shape index (κ1) is 19.0. The quantitative estimate of drug-likeness (QED) is 0.501. The van der Waals surface area contributed by atoms with Crippen molar-refractivity contribution in [3.63, 3.8) is 0 Å². The van der Waals surface area contributed by atoms with Crippen LogP contribution in [0.15, 0.2) is 54.6 Å². The Balaban J connectivity index is 1.58. The fourth-order valence-corrected chi connectivity index (χ4v) is 2.47. The van der Waals surface area contributed by atoms with Crippen LogP contribution in [0, 0.1) is 0 Å². The van der Waals surface area contributed by atoms with Crippen molar-refractivity contribution in [1.82, 2.24) is 5.32 Å². The van der Waals surface area contributed by atoms with E-state index in [0.717, 1.165) is 25.1 Å². The number of carbonyl (C=O) groups excluding carboxylic acids is 1. The molecule has 4 heteroatoms. The van der Waals surface area contributed by atoms with E-state index >= 15 is 0 Å². The van der Waals surface area contributed by atoms with E-state index in [1.54, 1.807) is 0 Å². The number of hydrogen-bond acceptors (Lipinski definition) is 4. The number of ether oxygens (including phenoxy) is 2. The van der Waals surface area contributed by atoms with E-state index in [2.05, 4.69) is 41.7 Å². The molecule has 0 aliphatic heterocycles. The third-order valence-electron chi connectivity index (χ3n) is 3.75. The Morgan fingerprint density at radius 1 is 0.960 bits per heavy atom. The topological polar surface area (TPSA) is 47.6 Å². The third-order valence-corrected chi connectivity index (χ3v) is 3.75. The summed E-state index contributed by atoms with van der Waals surface area (Å²) in [6.45, 7) is 4.39. The fraction of sp³-hybridized carbons (Fsp3) is 0.381. The predicted molar refractivity (Wildman–Crippen MR) is 99.9 cm³/mol. The molecule has 0 aliphatic rings. The van der Waals surface area contributed by atoms with Crippen LogP contribution >= 0.6 is 0 Å². The van der Waals surface area contributed by atoms with Crippen LogP contribution in [-0.4, -0.2) is 32.3 Å². The molecule has 0 radical (unpaired) electrons. The van der Waals surface area contributed by atoms with E-state index in [4.69, 9.17) is 9.47 Å². The highest BCUT2D eigenvalue weighted by atomic mass is 16.5. The second-order valence-corrected chi connectivity index (χ2v) is 5.81. The van der Waals surface area contributed by atoms with E-state index in [0.29, 0.717) is 26.2 Å². The van der Waals surface area contributed by atoms with E-state index in [-0.39, 0.29) is 5.97 Å². The lowest BCUT2D eigenvalue weighted by Gasteiger charge is -2.08. The maximum Gasteiger partial charge on any atom is 0.307 e. The predicted octanol–water partition coefficient (Wildman–Crippen LogP) is 3.59. The Kier molecular flexibility index (Phi) is 8.56. The van der Waals surface area contributed by atoms with Crippen LogP contribution in [0.1, 0.15) is 30.9 Å². The summed E-state index contributed by atoms with van der Waals surface area (Å²) in [7, 11) is 0. The number of benzene rings is 2. The Labute approximate surface area is 150 Å². The number of rotatable bonds is 11. The normalized spacial score (nSPS) is 10.4. The second kappa shape index (κ2) is 11.3. The van der Waals surface area contributed by atoms with Crippen molar-refractivity contribution in [2.75, 3.05) is 26.3 Å². The standard InChI is InChI=1S/C21H27NO3/c1-2-24-21(23)13-15-22-14-6-16-25-20-11-9-19(10-12-20)17-18-7-4-3-5-8-18/h3-5,7-12,22H,2,6,13-17H2,1H3. The molecule has 2 aromatic rings. The van der Waals surface area contributed by atoms with Gasteiger partial charge >= 0.3 is 5.97 Å². The van der Waals surface area contributed by atoms with Gasteiger partial charge in [0.25, 0.3) is 0 Å². The molecule has 0 spiro atoms. The van der Waals surface area contributed by atoms with E-state index < -0.39 is 0 Å². The van der Waals surface area contributed by atoms with Gasteiger partial charge in [0.2, 0.25) is 0 Å². The van der Waals surface area contributed by atoms with Gasteiger partial charge in [0, 0.05) is 6.54 Å². The third kappa shape index (κ3) is 7.86. The molecule has 1 N–H and O–H groups in total. The minimum Gasteiger partial charge on any atom is -0.494 e. The summed E-state index contributed by atoms with van der Waals surface area (Å²) in [4.78, 5) is 11.2. The molecule has 0 atom stereocenters. The monoisotopic (exact) mass is 341 g/mol. The van der Waals surface area contributed by atoms with E-state index in [1.807, 2.05) is 25.1 Å². The van der Waals surface area contributed by atoms with Gasteiger partial charge in [0.1, 0.15) is 5.75 Å². The van der Waals surface area contributed by atoms with Gasteiger partial charge in [-0.15, -0.1) is 0 Å². The highest BCUT2D eigenvalue weighted by Gasteiger charge is 2.00. The van der Waals surface area contributed by atoms with Gasteiger partial charge in [-0.05, 0) is 49.6 Å². The summed E-state index contributed by atoms with van der Waals surface area (Å²) in [5.41, 5.74) is 2.59. The zero-order chi connectivity index (χ0) is 17.7. The molecule has 0 saturated heterocycles. The van der Waals surface area contributed by atoms with Crippen LogP contribution < -0.4 is 10.1 Å². The largest absolute Gasteiger partial charge is 0.494 e. The van der Waals surface area contributed by atoms with Crippen molar-refractivity contribution in [1.29, 1.82) is 0 Å². The van der Waals surface area contributed by atoms with Crippen LogP contribution in [0.4, 0.5) is 0 Å².